The van der Waals surface area contributed by atoms with E-state index in [2.05, 4.69) is 13.8 Å². The van der Waals surface area contributed by atoms with Crippen LogP contribution in [0.1, 0.15) is 73.6 Å². The number of aliphatic hydroxyl groups is 1. The molecular formula is C30H44O9. The molecule has 2 aliphatic heterocycles. The highest BCUT2D eigenvalue weighted by Crippen LogP contribution is 2.77. The van der Waals surface area contributed by atoms with Gasteiger partial charge in [-0.1, -0.05) is 20.8 Å². The summed E-state index contributed by atoms with van der Waals surface area (Å²) in [5.74, 6) is -1.12. The zero-order chi connectivity index (χ0) is 28.3. The molecule has 9 nitrogen and oxygen atoms in total. The molecule has 6 rings (SSSR count). The Hall–Kier alpha value is -1.71. The summed E-state index contributed by atoms with van der Waals surface area (Å²) in [5.41, 5.74) is -5.16. The number of esters is 3. The van der Waals surface area contributed by atoms with E-state index < -0.39 is 58.3 Å². The predicted molar refractivity (Wildman–Crippen MR) is 137 cm³/mol. The average Bonchev–Trinajstić information content (AvgIpc) is 3.46. The molecule has 0 spiro atoms. The lowest BCUT2D eigenvalue weighted by Crippen LogP contribution is -2.82. The van der Waals surface area contributed by atoms with Crippen molar-refractivity contribution in [2.24, 2.45) is 45.8 Å². The van der Waals surface area contributed by atoms with Crippen LogP contribution in [0.2, 0.25) is 0 Å². The minimum absolute atomic E-state index is 0.0879. The minimum Gasteiger partial charge on any atom is -0.467 e. The fourth-order valence-electron chi connectivity index (χ4n) is 11.2. The normalized spacial score (nSPS) is 55.1. The largest absolute Gasteiger partial charge is 0.467 e. The van der Waals surface area contributed by atoms with Crippen LogP contribution in [0, 0.1) is 45.8 Å². The van der Waals surface area contributed by atoms with Gasteiger partial charge < -0.3 is 28.8 Å². The van der Waals surface area contributed by atoms with Crippen LogP contribution in [0.3, 0.4) is 0 Å². The Morgan fingerprint density at radius 1 is 0.923 bits per heavy atom. The quantitative estimate of drug-likeness (QED) is 0.322. The summed E-state index contributed by atoms with van der Waals surface area (Å²) in [6, 6.07) is 0. The molecule has 13 atom stereocenters. The first-order valence-electron chi connectivity index (χ1n) is 14.6. The van der Waals surface area contributed by atoms with Gasteiger partial charge in [0.15, 0.2) is 6.10 Å². The number of rotatable bonds is 3. The van der Waals surface area contributed by atoms with Gasteiger partial charge in [0.05, 0.1) is 24.7 Å². The molecular weight excluding hydrogens is 504 g/mol. The van der Waals surface area contributed by atoms with Crippen molar-refractivity contribution in [1.29, 1.82) is 0 Å². The molecule has 4 saturated carbocycles. The molecule has 2 heterocycles. The fourth-order valence-corrected chi connectivity index (χ4v) is 11.2. The summed E-state index contributed by atoms with van der Waals surface area (Å²) in [6.07, 6.45) is 1.41. The number of ether oxygens (including phenoxy) is 5. The average molecular weight is 549 g/mol. The number of fused-ring (bicyclic) bond motifs is 9. The first-order chi connectivity index (χ1) is 18.2. The predicted octanol–water partition coefficient (Wildman–Crippen LogP) is 3.05. The molecule has 218 valence electrons. The van der Waals surface area contributed by atoms with E-state index in [1.54, 1.807) is 6.92 Å². The van der Waals surface area contributed by atoms with Crippen LogP contribution in [-0.4, -0.2) is 72.9 Å². The van der Waals surface area contributed by atoms with Crippen molar-refractivity contribution in [2.75, 3.05) is 20.3 Å². The minimum atomic E-state index is -1.51. The second-order valence-corrected chi connectivity index (χ2v) is 14.1. The van der Waals surface area contributed by atoms with Gasteiger partial charge in [-0.3, -0.25) is 9.59 Å². The molecule has 9 heteroatoms. The number of carbonyl (C=O) groups excluding carboxylic acids is 3. The molecule has 0 bridgehead atoms. The van der Waals surface area contributed by atoms with E-state index in [0.29, 0.717) is 31.3 Å². The standard InChI is InChI=1S/C30H44O9/c1-15-12-29(34)21-10-11-26(4)19-14-36-13-18(19)8-9-20(26)27(21,5)23(37-16(2)31)24(38-17(3)32)28(29,6)30(22(15)39-30)25(33)35-7/h15,18-24,34H,8-14H2,1-7H3/t15?,18?,19?,20?,21?,22-,23?,24?,26+,27-,28-,29-,30+/m1/s1. The smallest absolute Gasteiger partial charge is 0.341 e. The second-order valence-electron chi connectivity index (χ2n) is 14.1. The molecule has 0 aromatic rings. The van der Waals surface area contributed by atoms with Gasteiger partial charge in [0, 0.05) is 25.9 Å². The summed E-state index contributed by atoms with van der Waals surface area (Å²) in [5, 5.41) is 13.1. The Balaban J connectivity index is 1.58. The fraction of sp³-hybridized carbons (Fsp3) is 0.900. The maximum Gasteiger partial charge on any atom is 0.341 e. The molecule has 6 aliphatic rings. The van der Waals surface area contributed by atoms with Crippen molar-refractivity contribution >= 4 is 17.9 Å². The lowest BCUT2D eigenvalue weighted by molar-refractivity contribution is -0.338. The van der Waals surface area contributed by atoms with Gasteiger partial charge in [0.2, 0.25) is 5.60 Å². The summed E-state index contributed by atoms with van der Waals surface area (Å²) in [6.45, 7) is 12.4. The summed E-state index contributed by atoms with van der Waals surface area (Å²) >= 11 is 0. The van der Waals surface area contributed by atoms with E-state index in [1.807, 2.05) is 6.92 Å². The van der Waals surface area contributed by atoms with Crippen LogP contribution < -0.4 is 0 Å². The van der Waals surface area contributed by atoms with Crippen molar-refractivity contribution in [3.8, 4) is 0 Å². The SMILES string of the molecule is COC(=O)[C@@]12O[C@@H]1C(C)C[C@@]1(O)C3CC[C@@]4(C)C5COCC5CCC4[C@@]3(C)C(OC(C)=O)C(OC(C)=O)[C@]12C. The van der Waals surface area contributed by atoms with Crippen molar-refractivity contribution in [1.82, 2.24) is 0 Å². The number of methoxy groups -OCH3 is 1. The monoisotopic (exact) mass is 548 g/mol. The molecule has 7 unspecified atom stereocenters. The Bertz CT molecular complexity index is 1090. The maximum absolute atomic E-state index is 13.6. The van der Waals surface area contributed by atoms with E-state index in [-0.39, 0.29) is 23.2 Å². The van der Waals surface area contributed by atoms with E-state index in [9.17, 15) is 19.5 Å². The molecule has 1 N–H and O–H groups in total. The van der Waals surface area contributed by atoms with Gasteiger partial charge >= 0.3 is 17.9 Å². The molecule has 6 fully saturated rings. The van der Waals surface area contributed by atoms with Gasteiger partial charge in [-0.25, -0.2) is 4.79 Å². The van der Waals surface area contributed by atoms with Crippen LogP contribution in [-0.2, 0) is 38.1 Å². The maximum atomic E-state index is 13.6. The van der Waals surface area contributed by atoms with Crippen molar-refractivity contribution in [3.63, 3.8) is 0 Å². The Kier molecular flexibility index (Phi) is 5.92. The van der Waals surface area contributed by atoms with Gasteiger partial charge in [0.1, 0.15) is 12.2 Å². The Labute approximate surface area is 230 Å². The zero-order valence-corrected chi connectivity index (χ0v) is 24.3. The van der Waals surface area contributed by atoms with E-state index >= 15 is 0 Å². The highest BCUT2D eigenvalue weighted by molar-refractivity contribution is 5.86. The highest BCUT2D eigenvalue weighted by atomic mass is 16.7. The van der Waals surface area contributed by atoms with E-state index in [1.165, 1.54) is 21.0 Å². The first kappa shape index (κ1) is 27.5. The summed E-state index contributed by atoms with van der Waals surface area (Å²) in [4.78, 5) is 39.1. The number of hydrogen-bond acceptors (Lipinski definition) is 9. The third-order valence-corrected chi connectivity index (χ3v) is 12.7. The molecule has 39 heavy (non-hydrogen) atoms. The number of epoxide rings is 1. The van der Waals surface area contributed by atoms with E-state index in [0.717, 1.165) is 25.9 Å². The molecule has 4 aliphatic carbocycles. The van der Waals surface area contributed by atoms with Gasteiger partial charge in [-0.2, -0.15) is 0 Å². The van der Waals surface area contributed by atoms with Crippen LogP contribution in [0.25, 0.3) is 0 Å². The third kappa shape index (κ3) is 3.10. The molecule has 0 radical (unpaired) electrons. The zero-order valence-electron chi connectivity index (χ0n) is 24.3. The van der Waals surface area contributed by atoms with Gasteiger partial charge in [-0.15, -0.1) is 0 Å². The van der Waals surface area contributed by atoms with Crippen LogP contribution in [0.5, 0.6) is 0 Å². The van der Waals surface area contributed by atoms with Crippen molar-refractivity contribution in [3.05, 3.63) is 0 Å². The van der Waals surface area contributed by atoms with Crippen LogP contribution in [0.4, 0.5) is 0 Å². The Morgan fingerprint density at radius 3 is 2.23 bits per heavy atom. The topological polar surface area (TPSA) is 121 Å². The lowest BCUT2D eigenvalue weighted by Gasteiger charge is -2.72. The van der Waals surface area contributed by atoms with Crippen LogP contribution in [0.15, 0.2) is 0 Å². The molecule has 0 aromatic heterocycles. The second kappa shape index (κ2) is 8.41. The molecule has 0 aromatic carbocycles. The highest BCUT2D eigenvalue weighted by Gasteiger charge is 2.90. The summed E-state index contributed by atoms with van der Waals surface area (Å²) in [7, 11) is 1.31. The molecule has 2 saturated heterocycles. The first-order valence-corrected chi connectivity index (χ1v) is 14.6. The number of carbonyl (C=O) groups is 3. The number of hydrogen-bond donors (Lipinski definition) is 1. The molecule has 0 amide bonds. The van der Waals surface area contributed by atoms with Crippen molar-refractivity contribution < 1.29 is 43.2 Å². The van der Waals surface area contributed by atoms with Gasteiger partial charge in [-0.05, 0) is 74.0 Å². The Morgan fingerprint density at radius 2 is 1.59 bits per heavy atom. The summed E-state index contributed by atoms with van der Waals surface area (Å²) < 4.78 is 29.9. The third-order valence-electron chi connectivity index (χ3n) is 12.7. The van der Waals surface area contributed by atoms with Gasteiger partial charge in [0.25, 0.3) is 0 Å². The lowest BCUT2D eigenvalue weighted by atomic mass is 9.33. The van der Waals surface area contributed by atoms with E-state index in [4.69, 9.17) is 23.7 Å². The van der Waals surface area contributed by atoms with Crippen molar-refractivity contribution in [2.45, 2.75) is 103 Å². The van der Waals surface area contributed by atoms with Crippen LogP contribution >= 0.6 is 0 Å².